The molecule has 32 heavy (non-hydrogen) atoms. The molecule has 0 aliphatic heterocycles. The number of amides is 1. The number of hydrogen-bond acceptors (Lipinski definition) is 4. The van der Waals surface area contributed by atoms with Gasteiger partial charge in [0.05, 0.1) is 29.1 Å². The number of carbonyl (C=O) groups excluding carboxylic acids is 1. The average Bonchev–Trinajstić information content (AvgIpc) is 3.40. The maximum absolute atomic E-state index is 12.7. The van der Waals surface area contributed by atoms with Gasteiger partial charge in [-0.2, -0.15) is 13.2 Å². The number of alkyl halides is 3. The number of aromatic amines is 1. The van der Waals surface area contributed by atoms with Gasteiger partial charge in [0.25, 0.3) is 5.91 Å². The number of anilines is 1. The van der Waals surface area contributed by atoms with Gasteiger partial charge in [0.2, 0.25) is 0 Å². The minimum atomic E-state index is -4.32. The standard InChI is InChI=1S/C23H18F3N3O2S/c24-23(25,26)15-3-1-13(2-4-15)14-7-17(8-14)31-16-5-6-19-18(9-16)20(10-28-19)29-22(30)21-11-27-12-32-21/h1-6,9-12,14,17,28H,7-8H2,(H,29,30)/t14-,17+. The lowest BCUT2D eigenvalue weighted by atomic mass is 9.77. The molecule has 2 aromatic carbocycles. The van der Waals surface area contributed by atoms with Crippen molar-refractivity contribution in [3.8, 4) is 5.75 Å². The smallest absolute Gasteiger partial charge is 0.416 e. The summed E-state index contributed by atoms with van der Waals surface area (Å²) in [6.07, 6.45) is 0.412. The lowest BCUT2D eigenvalue weighted by molar-refractivity contribution is -0.137. The van der Waals surface area contributed by atoms with Crippen LogP contribution >= 0.6 is 11.3 Å². The molecule has 164 valence electrons. The fourth-order valence-electron chi connectivity index (χ4n) is 3.86. The van der Waals surface area contributed by atoms with Crippen LogP contribution in [0, 0.1) is 0 Å². The van der Waals surface area contributed by atoms with Crippen molar-refractivity contribution in [2.75, 3.05) is 5.32 Å². The van der Waals surface area contributed by atoms with Crippen LogP contribution in [0.1, 0.15) is 39.6 Å². The molecule has 1 aliphatic rings. The second-order valence-electron chi connectivity index (χ2n) is 7.76. The van der Waals surface area contributed by atoms with E-state index in [1.807, 2.05) is 18.2 Å². The van der Waals surface area contributed by atoms with Gasteiger partial charge in [-0.3, -0.25) is 9.78 Å². The third kappa shape index (κ3) is 4.08. The summed E-state index contributed by atoms with van der Waals surface area (Å²) in [5.74, 6) is 0.645. The van der Waals surface area contributed by atoms with Gasteiger partial charge in [-0.25, -0.2) is 0 Å². The number of benzene rings is 2. The van der Waals surface area contributed by atoms with Crippen LogP contribution < -0.4 is 10.1 Å². The Hall–Kier alpha value is -3.33. The molecule has 1 fully saturated rings. The minimum absolute atomic E-state index is 0.00563. The Morgan fingerprint density at radius 3 is 2.62 bits per heavy atom. The predicted octanol–water partition coefficient (Wildman–Crippen LogP) is 6.22. The van der Waals surface area contributed by atoms with Crippen LogP contribution in [-0.2, 0) is 6.18 Å². The lowest BCUT2D eigenvalue weighted by Gasteiger charge is -2.35. The molecule has 0 atom stereocenters. The summed E-state index contributed by atoms with van der Waals surface area (Å²) in [4.78, 5) is 19.9. The zero-order valence-corrected chi connectivity index (χ0v) is 17.5. The van der Waals surface area contributed by atoms with Gasteiger partial charge in [-0.15, -0.1) is 11.3 Å². The van der Waals surface area contributed by atoms with Gasteiger partial charge in [0.15, 0.2) is 0 Å². The topological polar surface area (TPSA) is 67.0 Å². The fourth-order valence-corrected chi connectivity index (χ4v) is 4.37. The molecule has 1 aliphatic carbocycles. The third-order valence-corrected chi connectivity index (χ3v) is 6.44. The molecule has 1 amide bonds. The summed E-state index contributed by atoms with van der Waals surface area (Å²) in [5, 5.41) is 3.72. The van der Waals surface area contributed by atoms with E-state index in [1.54, 1.807) is 23.8 Å². The number of nitrogens with zero attached hydrogens (tertiary/aromatic N) is 1. The Bertz CT molecular complexity index is 1240. The number of hydrogen-bond donors (Lipinski definition) is 2. The van der Waals surface area contributed by atoms with Crippen molar-refractivity contribution >= 4 is 33.8 Å². The summed E-state index contributed by atoms with van der Waals surface area (Å²) in [6, 6.07) is 11.0. The Balaban J connectivity index is 1.23. The van der Waals surface area contributed by atoms with Crippen molar-refractivity contribution in [2.45, 2.75) is 31.0 Å². The van der Waals surface area contributed by atoms with E-state index >= 15 is 0 Å². The Kier molecular flexibility index (Phi) is 5.13. The van der Waals surface area contributed by atoms with E-state index in [0.29, 0.717) is 16.3 Å². The molecule has 9 heteroatoms. The molecule has 2 heterocycles. The first-order valence-electron chi connectivity index (χ1n) is 10.0. The van der Waals surface area contributed by atoms with Crippen LogP contribution in [0.5, 0.6) is 5.75 Å². The Morgan fingerprint density at radius 1 is 1.16 bits per heavy atom. The minimum Gasteiger partial charge on any atom is -0.490 e. The van der Waals surface area contributed by atoms with Crippen molar-refractivity contribution in [1.29, 1.82) is 0 Å². The molecule has 5 rings (SSSR count). The first-order chi connectivity index (χ1) is 15.4. The molecule has 0 unspecified atom stereocenters. The summed E-state index contributed by atoms with van der Waals surface area (Å²) < 4.78 is 44.3. The summed E-state index contributed by atoms with van der Waals surface area (Å²) in [7, 11) is 0. The largest absolute Gasteiger partial charge is 0.490 e. The number of halogens is 3. The number of ether oxygens (including phenoxy) is 1. The van der Waals surface area contributed by atoms with E-state index in [-0.39, 0.29) is 17.9 Å². The highest BCUT2D eigenvalue weighted by Crippen LogP contribution is 2.41. The normalized spacial score (nSPS) is 18.3. The number of thiazole rings is 1. The van der Waals surface area contributed by atoms with Gasteiger partial charge in [0, 0.05) is 17.1 Å². The molecule has 2 aromatic heterocycles. The van der Waals surface area contributed by atoms with Gasteiger partial charge < -0.3 is 15.0 Å². The molecule has 0 radical (unpaired) electrons. The van der Waals surface area contributed by atoms with E-state index in [0.717, 1.165) is 41.4 Å². The lowest BCUT2D eigenvalue weighted by Crippen LogP contribution is -2.32. The highest BCUT2D eigenvalue weighted by atomic mass is 32.1. The Labute approximate surface area is 185 Å². The number of fused-ring (bicyclic) bond motifs is 1. The zero-order chi connectivity index (χ0) is 22.3. The van der Waals surface area contributed by atoms with Gasteiger partial charge in [-0.1, -0.05) is 12.1 Å². The highest BCUT2D eigenvalue weighted by molar-refractivity contribution is 7.11. The van der Waals surface area contributed by atoms with Crippen molar-refractivity contribution in [2.24, 2.45) is 0 Å². The van der Waals surface area contributed by atoms with Crippen molar-refractivity contribution < 1.29 is 22.7 Å². The van der Waals surface area contributed by atoms with Crippen LogP contribution in [0.25, 0.3) is 10.9 Å². The second kappa shape index (κ2) is 7.98. The quantitative estimate of drug-likeness (QED) is 0.374. The summed E-state index contributed by atoms with van der Waals surface area (Å²) in [5.41, 5.74) is 3.39. The molecule has 5 nitrogen and oxygen atoms in total. The van der Waals surface area contributed by atoms with Crippen LogP contribution in [0.2, 0.25) is 0 Å². The van der Waals surface area contributed by atoms with Gasteiger partial charge in [-0.05, 0) is 54.7 Å². The maximum atomic E-state index is 12.7. The molecule has 4 aromatic rings. The number of rotatable bonds is 5. The fraction of sp³-hybridized carbons (Fsp3) is 0.217. The van der Waals surface area contributed by atoms with Crippen LogP contribution in [0.4, 0.5) is 18.9 Å². The molecule has 0 bridgehead atoms. The highest BCUT2D eigenvalue weighted by Gasteiger charge is 2.34. The summed E-state index contributed by atoms with van der Waals surface area (Å²) >= 11 is 1.27. The Morgan fingerprint density at radius 2 is 1.94 bits per heavy atom. The molecular weight excluding hydrogens is 439 g/mol. The number of H-pyrrole nitrogens is 1. The first kappa shape index (κ1) is 20.6. The van der Waals surface area contributed by atoms with E-state index in [2.05, 4.69) is 15.3 Å². The predicted molar refractivity (Wildman–Crippen MR) is 116 cm³/mol. The van der Waals surface area contributed by atoms with Crippen LogP contribution in [-0.4, -0.2) is 22.0 Å². The summed E-state index contributed by atoms with van der Waals surface area (Å²) in [6.45, 7) is 0. The molecular formula is C23H18F3N3O2S. The first-order valence-corrected chi connectivity index (χ1v) is 10.9. The number of carbonyl (C=O) groups is 1. The molecule has 1 saturated carbocycles. The number of aromatic nitrogens is 2. The molecule has 0 saturated heterocycles. The van der Waals surface area contributed by atoms with Gasteiger partial charge >= 0.3 is 6.18 Å². The van der Waals surface area contributed by atoms with Gasteiger partial charge in [0.1, 0.15) is 10.6 Å². The van der Waals surface area contributed by atoms with E-state index in [9.17, 15) is 18.0 Å². The van der Waals surface area contributed by atoms with Crippen molar-refractivity contribution in [3.63, 3.8) is 0 Å². The van der Waals surface area contributed by atoms with E-state index in [4.69, 9.17) is 4.74 Å². The van der Waals surface area contributed by atoms with Crippen LogP contribution in [0.3, 0.4) is 0 Å². The van der Waals surface area contributed by atoms with Crippen LogP contribution in [0.15, 0.2) is 60.4 Å². The van der Waals surface area contributed by atoms with Crippen molar-refractivity contribution in [1.82, 2.24) is 9.97 Å². The maximum Gasteiger partial charge on any atom is 0.416 e. The molecule has 0 spiro atoms. The SMILES string of the molecule is O=C(Nc1c[nH]c2ccc(O[C@H]3C[C@@H](c4ccc(C(F)(F)F)cc4)C3)cc12)c1cncs1. The molecule has 2 N–H and O–H groups in total. The zero-order valence-electron chi connectivity index (χ0n) is 16.6. The monoisotopic (exact) mass is 457 g/mol. The second-order valence-corrected chi connectivity index (χ2v) is 8.64. The van der Waals surface area contributed by atoms with E-state index < -0.39 is 11.7 Å². The number of nitrogens with one attached hydrogen (secondary N) is 2. The average molecular weight is 457 g/mol. The van der Waals surface area contributed by atoms with Crippen molar-refractivity contribution in [3.05, 3.63) is 76.4 Å². The van der Waals surface area contributed by atoms with E-state index in [1.165, 1.54) is 17.5 Å². The third-order valence-electron chi connectivity index (χ3n) is 5.66.